The van der Waals surface area contributed by atoms with E-state index >= 15 is 0 Å². The number of aromatic nitrogens is 2. The summed E-state index contributed by atoms with van der Waals surface area (Å²) in [5.74, 6) is 0.693. The SMILES string of the molecule is FC(F)(F)c1cccc(OCc2nccn2Cc2cc(Cl)cc(Cl)c2)c1. The molecule has 2 aromatic carbocycles. The van der Waals surface area contributed by atoms with Crippen LogP contribution in [0.5, 0.6) is 5.75 Å². The van der Waals surface area contributed by atoms with Gasteiger partial charge in [-0.2, -0.15) is 13.2 Å². The summed E-state index contributed by atoms with van der Waals surface area (Å²) in [6, 6.07) is 9.94. The zero-order chi connectivity index (χ0) is 18.7. The molecular formula is C18H13Cl2F3N2O. The second-order valence-corrected chi connectivity index (χ2v) is 6.44. The van der Waals surface area contributed by atoms with Gasteiger partial charge in [-0.1, -0.05) is 29.3 Å². The second-order valence-electron chi connectivity index (χ2n) is 5.56. The molecule has 0 aliphatic rings. The fourth-order valence-corrected chi connectivity index (χ4v) is 3.00. The van der Waals surface area contributed by atoms with Crippen molar-refractivity contribution in [2.45, 2.75) is 19.3 Å². The van der Waals surface area contributed by atoms with E-state index in [2.05, 4.69) is 4.98 Å². The standard InChI is InChI=1S/C18H13Cl2F3N2O/c19-14-6-12(7-15(20)9-14)10-25-5-4-24-17(25)11-26-16-3-1-2-13(8-16)18(21,22)23/h1-9H,10-11H2. The van der Waals surface area contributed by atoms with Gasteiger partial charge in [-0.05, 0) is 42.0 Å². The Morgan fingerprint density at radius 2 is 1.77 bits per heavy atom. The monoisotopic (exact) mass is 400 g/mol. The summed E-state index contributed by atoms with van der Waals surface area (Å²) in [5.41, 5.74) is 0.118. The van der Waals surface area contributed by atoms with Crippen LogP contribution < -0.4 is 4.74 Å². The van der Waals surface area contributed by atoms with Crippen molar-refractivity contribution >= 4 is 23.2 Å². The van der Waals surface area contributed by atoms with Crippen LogP contribution in [0, 0.1) is 0 Å². The molecule has 0 aliphatic carbocycles. The van der Waals surface area contributed by atoms with Crippen molar-refractivity contribution < 1.29 is 17.9 Å². The number of nitrogens with zero attached hydrogens (tertiary/aromatic N) is 2. The lowest BCUT2D eigenvalue weighted by Gasteiger charge is -2.12. The summed E-state index contributed by atoms with van der Waals surface area (Å²) in [4.78, 5) is 4.19. The average molecular weight is 401 g/mol. The molecule has 0 atom stereocenters. The lowest BCUT2D eigenvalue weighted by atomic mass is 10.2. The summed E-state index contributed by atoms with van der Waals surface area (Å²) in [5, 5.41) is 1.05. The minimum Gasteiger partial charge on any atom is -0.486 e. The predicted octanol–water partition coefficient (Wildman–Crippen LogP) is 5.84. The molecule has 26 heavy (non-hydrogen) atoms. The molecule has 3 nitrogen and oxygen atoms in total. The Labute approximate surface area is 157 Å². The van der Waals surface area contributed by atoms with Crippen LogP contribution in [0.4, 0.5) is 13.2 Å². The van der Waals surface area contributed by atoms with Gasteiger partial charge in [0.05, 0.1) is 5.56 Å². The molecule has 8 heteroatoms. The van der Waals surface area contributed by atoms with E-state index in [1.54, 1.807) is 30.6 Å². The van der Waals surface area contributed by atoms with E-state index in [-0.39, 0.29) is 12.4 Å². The number of ether oxygens (including phenoxy) is 1. The third-order valence-corrected chi connectivity index (χ3v) is 4.04. The molecule has 3 aromatic rings. The van der Waals surface area contributed by atoms with Crippen LogP contribution in [0.15, 0.2) is 54.9 Å². The molecule has 1 aromatic heterocycles. The molecule has 1 heterocycles. The molecule has 136 valence electrons. The van der Waals surface area contributed by atoms with E-state index in [1.807, 2.05) is 4.57 Å². The molecule has 0 bridgehead atoms. The van der Waals surface area contributed by atoms with Gasteiger partial charge in [0.25, 0.3) is 0 Å². The van der Waals surface area contributed by atoms with E-state index in [4.69, 9.17) is 27.9 Å². The molecule has 0 fully saturated rings. The number of rotatable bonds is 5. The maximum atomic E-state index is 12.8. The number of benzene rings is 2. The van der Waals surface area contributed by atoms with Gasteiger partial charge in [-0.25, -0.2) is 4.98 Å². The quantitative estimate of drug-likeness (QED) is 0.538. The average Bonchev–Trinajstić information content (AvgIpc) is 2.98. The largest absolute Gasteiger partial charge is 0.486 e. The van der Waals surface area contributed by atoms with Gasteiger partial charge in [0.1, 0.15) is 18.2 Å². The highest BCUT2D eigenvalue weighted by molar-refractivity contribution is 6.34. The molecule has 0 saturated carbocycles. The van der Waals surface area contributed by atoms with Gasteiger partial charge in [0, 0.05) is 29.0 Å². The van der Waals surface area contributed by atoms with Crippen molar-refractivity contribution in [1.29, 1.82) is 0 Å². The van der Waals surface area contributed by atoms with E-state index in [0.717, 1.165) is 17.7 Å². The topological polar surface area (TPSA) is 27.1 Å². The van der Waals surface area contributed by atoms with Gasteiger partial charge >= 0.3 is 6.18 Å². The van der Waals surface area contributed by atoms with Crippen LogP contribution >= 0.6 is 23.2 Å². The van der Waals surface area contributed by atoms with E-state index < -0.39 is 11.7 Å². The molecule has 0 unspecified atom stereocenters. The van der Waals surface area contributed by atoms with Crippen molar-refractivity contribution in [3.8, 4) is 5.75 Å². The minimum atomic E-state index is -4.41. The van der Waals surface area contributed by atoms with E-state index in [0.29, 0.717) is 22.4 Å². The number of alkyl halides is 3. The summed E-state index contributed by atoms with van der Waals surface area (Å²) in [6.45, 7) is 0.490. The summed E-state index contributed by atoms with van der Waals surface area (Å²) in [6.07, 6.45) is -1.07. The van der Waals surface area contributed by atoms with Crippen molar-refractivity contribution in [3.63, 3.8) is 0 Å². The van der Waals surface area contributed by atoms with Crippen LogP contribution in [0.3, 0.4) is 0 Å². The molecule has 0 saturated heterocycles. The molecule has 0 amide bonds. The van der Waals surface area contributed by atoms with Crippen LogP contribution in [0.1, 0.15) is 17.0 Å². The Balaban J connectivity index is 1.72. The van der Waals surface area contributed by atoms with Gasteiger partial charge in [-0.15, -0.1) is 0 Å². The van der Waals surface area contributed by atoms with Crippen LogP contribution in [0.2, 0.25) is 10.0 Å². The summed E-state index contributed by atoms with van der Waals surface area (Å²) in [7, 11) is 0. The maximum Gasteiger partial charge on any atom is 0.416 e. The Kier molecular flexibility index (Phi) is 5.44. The minimum absolute atomic E-state index is 0.0304. The first-order valence-electron chi connectivity index (χ1n) is 7.56. The number of hydrogen-bond acceptors (Lipinski definition) is 2. The van der Waals surface area contributed by atoms with Crippen molar-refractivity contribution in [3.05, 3.63) is 81.9 Å². The highest BCUT2D eigenvalue weighted by atomic mass is 35.5. The first-order chi connectivity index (χ1) is 12.3. The fourth-order valence-electron chi connectivity index (χ4n) is 2.43. The van der Waals surface area contributed by atoms with Crippen molar-refractivity contribution in [2.75, 3.05) is 0 Å². The van der Waals surface area contributed by atoms with Crippen LogP contribution in [-0.4, -0.2) is 9.55 Å². The van der Waals surface area contributed by atoms with Crippen molar-refractivity contribution in [1.82, 2.24) is 9.55 Å². The Bertz CT molecular complexity index is 889. The molecule has 0 aliphatic heterocycles. The maximum absolute atomic E-state index is 12.8. The normalized spacial score (nSPS) is 11.6. The summed E-state index contributed by atoms with van der Waals surface area (Å²) < 4.78 is 45.6. The highest BCUT2D eigenvalue weighted by Crippen LogP contribution is 2.31. The Hall–Kier alpha value is -2.18. The van der Waals surface area contributed by atoms with Crippen molar-refractivity contribution in [2.24, 2.45) is 0 Å². The van der Waals surface area contributed by atoms with E-state index in [9.17, 15) is 13.2 Å². The van der Waals surface area contributed by atoms with Crippen LogP contribution in [-0.2, 0) is 19.3 Å². The van der Waals surface area contributed by atoms with Gasteiger partial charge in [0.15, 0.2) is 0 Å². The molecule has 0 radical (unpaired) electrons. The lowest BCUT2D eigenvalue weighted by Crippen LogP contribution is -2.09. The molecule has 3 rings (SSSR count). The number of imidazole rings is 1. The molecule has 0 N–H and O–H groups in total. The summed E-state index contributed by atoms with van der Waals surface area (Å²) >= 11 is 12.0. The first kappa shape index (κ1) is 18.6. The Morgan fingerprint density at radius 3 is 2.46 bits per heavy atom. The van der Waals surface area contributed by atoms with Gasteiger partial charge in [0.2, 0.25) is 0 Å². The fraction of sp³-hybridized carbons (Fsp3) is 0.167. The molecule has 0 spiro atoms. The highest BCUT2D eigenvalue weighted by Gasteiger charge is 2.30. The van der Waals surface area contributed by atoms with Crippen LogP contribution in [0.25, 0.3) is 0 Å². The zero-order valence-electron chi connectivity index (χ0n) is 13.3. The first-order valence-corrected chi connectivity index (χ1v) is 8.32. The smallest absolute Gasteiger partial charge is 0.416 e. The number of hydrogen-bond donors (Lipinski definition) is 0. The molecular weight excluding hydrogens is 388 g/mol. The Morgan fingerprint density at radius 1 is 1.04 bits per heavy atom. The van der Waals surface area contributed by atoms with Gasteiger partial charge < -0.3 is 9.30 Å². The second kappa shape index (κ2) is 7.60. The number of halogens is 5. The van der Waals surface area contributed by atoms with Gasteiger partial charge in [-0.3, -0.25) is 0 Å². The third kappa shape index (κ3) is 4.71. The van der Waals surface area contributed by atoms with E-state index in [1.165, 1.54) is 12.1 Å². The third-order valence-electron chi connectivity index (χ3n) is 3.61. The zero-order valence-corrected chi connectivity index (χ0v) is 14.8. The lowest BCUT2D eigenvalue weighted by molar-refractivity contribution is -0.137. The predicted molar refractivity (Wildman–Crippen MR) is 93.6 cm³/mol.